The van der Waals surface area contributed by atoms with Gasteiger partial charge in [0.15, 0.2) is 5.82 Å². The predicted octanol–water partition coefficient (Wildman–Crippen LogP) is 1.20. The fourth-order valence-electron chi connectivity index (χ4n) is 4.25. The second kappa shape index (κ2) is 10.1. The quantitative estimate of drug-likeness (QED) is 0.722. The van der Waals surface area contributed by atoms with Crippen LogP contribution in [0.3, 0.4) is 0 Å². The van der Waals surface area contributed by atoms with Crippen LogP contribution in [-0.2, 0) is 9.59 Å². The molecule has 2 aliphatic heterocycles. The van der Waals surface area contributed by atoms with Crippen LogP contribution in [0.5, 0.6) is 0 Å². The highest BCUT2D eigenvalue weighted by molar-refractivity contribution is 5.91. The molecule has 0 aliphatic carbocycles. The molecule has 0 atom stereocenters. The van der Waals surface area contributed by atoms with Crippen LogP contribution < -0.4 is 10.2 Å². The molecule has 0 unspecified atom stereocenters. The summed E-state index contributed by atoms with van der Waals surface area (Å²) >= 11 is 0. The van der Waals surface area contributed by atoms with Gasteiger partial charge in [0, 0.05) is 64.1 Å². The highest BCUT2D eigenvalue weighted by Crippen LogP contribution is 2.18. The molecule has 3 heterocycles. The number of nitrogens with zero attached hydrogens (tertiary/aromatic N) is 5. The number of carbonyl (C=O) groups excluding carboxylic acids is 2. The number of amides is 2. The van der Waals surface area contributed by atoms with E-state index in [1.54, 1.807) is 13.0 Å². The molecule has 32 heavy (non-hydrogen) atoms. The fraction of sp³-hybridized carbons (Fsp3) is 0.522. The summed E-state index contributed by atoms with van der Waals surface area (Å²) in [5, 5.41) is 6.54. The first kappa shape index (κ1) is 22.3. The first-order valence-electron chi connectivity index (χ1n) is 11.2. The smallest absolute Gasteiger partial charge is 0.239 e. The van der Waals surface area contributed by atoms with Crippen LogP contribution in [-0.4, -0.2) is 97.1 Å². The van der Waals surface area contributed by atoms with Gasteiger partial charge in [-0.05, 0) is 31.5 Å². The maximum atomic E-state index is 12.8. The van der Waals surface area contributed by atoms with Gasteiger partial charge >= 0.3 is 0 Å². The maximum absolute atomic E-state index is 12.8. The van der Waals surface area contributed by atoms with Crippen LogP contribution >= 0.6 is 0 Å². The number of anilines is 2. The molecule has 2 saturated heterocycles. The molecule has 1 N–H and O–H groups in total. The third-order valence-electron chi connectivity index (χ3n) is 6.09. The van der Waals surface area contributed by atoms with Gasteiger partial charge in [0.1, 0.15) is 5.76 Å². The van der Waals surface area contributed by atoms with Gasteiger partial charge in [0.05, 0.1) is 13.1 Å². The fourth-order valence-corrected chi connectivity index (χ4v) is 4.25. The summed E-state index contributed by atoms with van der Waals surface area (Å²) in [6.45, 7) is 11.0. The highest BCUT2D eigenvalue weighted by atomic mass is 16.5. The lowest BCUT2D eigenvalue weighted by molar-refractivity contribution is -0.133. The number of hydrogen-bond acceptors (Lipinski definition) is 7. The molecule has 0 bridgehead atoms. The van der Waals surface area contributed by atoms with E-state index in [9.17, 15) is 9.59 Å². The molecular weight excluding hydrogens is 408 g/mol. The molecule has 172 valence electrons. The highest BCUT2D eigenvalue weighted by Gasteiger charge is 2.25. The second-order valence-corrected chi connectivity index (χ2v) is 8.63. The molecule has 2 aliphatic rings. The lowest BCUT2D eigenvalue weighted by Crippen LogP contribution is -2.54. The zero-order valence-electron chi connectivity index (χ0n) is 18.9. The molecular formula is C23H32N6O3. The second-order valence-electron chi connectivity index (χ2n) is 8.63. The average Bonchev–Trinajstić information content (AvgIpc) is 3.19. The predicted molar refractivity (Wildman–Crippen MR) is 123 cm³/mol. The lowest BCUT2D eigenvalue weighted by Gasteiger charge is -2.38. The van der Waals surface area contributed by atoms with Crippen molar-refractivity contribution in [1.82, 2.24) is 19.9 Å². The minimum Gasteiger partial charge on any atom is -0.368 e. The summed E-state index contributed by atoms with van der Waals surface area (Å²) in [4.78, 5) is 33.6. The molecule has 0 saturated carbocycles. The lowest BCUT2D eigenvalue weighted by atomic mass is 10.2. The molecule has 2 amide bonds. The number of rotatable bonds is 6. The van der Waals surface area contributed by atoms with Gasteiger partial charge in [-0.15, -0.1) is 0 Å². The molecule has 2 aromatic rings. The molecule has 1 aromatic carbocycles. The Hall–Kier alpha value is -2.91. The van der Waals surface area contributed by atoms with Crippen LogP contribution in [0.25, 0.3) is 0 Å². The van der Waals surface area contributed by atoms with Crippen LogP contribution in [0.15, 0.2) is 34.9 Å². The SMILES string of the molecule is Cc1cccc(N2CCN(C(=O)CN3CCN(CC(=O)Nc4cc(C)on4)CC3)CC2)c1. The van der Waals surface area contributed by atoms with E-state index in [1.165, 1.54) is 11.3 Å². The Bertz CT molecular complexity index is 929. The number of benzene rings is 1. The van der Waals surface area contributed by atoms with Gasteiger partial charge in [0.2, 0.25) is 11.8 Å². The number of hydrogen-bond donors (Lipinski definition) is 1. The number of aromatic nitrogens is 1. The van der Waals surface area contributed by atoms with Gasteiger partial charge in [-0.25, -0.2) is 0 Å². The third-order valence-corrected chi connectivity index (χ3v) is 6.09. The van der Waals surface area contributed by atoms with Crippen molar-refractivity contribution in [2.75, 3.05) is 75.7 Å². The summed E-state index contributed by atoms with van der Waals surface area (Å²) in [7, 11) is 0. The van der Waals surface area contributed by atoms with E-state index < -0.39 is 0 Å². The van der Waals surface area contributed by atoms with Crippen molar-refractivity contribution >= 4 is 23.3 Å². The normalized spacial score (nSPS) is 18.1. The monoisotopic (exact) mass is 440 g/mol. The largest absolute Gasteiger partial charge is 0.368 e. The van der Waals surface area contributed by atoms with Crippen molar-refractivity contribution in [3.63, 3.8) is 0 Å². The van der Waals surface area contributed by atoms with Crippen LogP contribution in [0.1, 0.15) is 11.3 Å². The van der Waals surface area contributed by atoms with Crippen molar-refractivity contribution in [3.05, 3.63) is 41.7 Å². The van der Waals surface area contributed by atoms with Crippen molar-refractivity contribution in [2.45, 2.75) is 13.8 Å². The minimum absolute atomic E-state index is 0.102. The number of nitrogens with one attached hydrogen (secondary N) is 1. The van der Waals surface area contributed by atoms with E-state index in [0.29, 0.717) is 24.7 Å². The van der Waals surface area contributed by atoms with Gasteiger partial charge in [-0.1, -0.05) is 17.3 Å². The summed E-state index contributed by atoms with van der Waals surface area (Å²) in [6, 6.07) is 10.2. The first-order valence-corrected chi connectivity index (χ1v) is 11.2. The maximum Gasteiger partial charge on any atom is 0.239 e. The molecule has 0 radical (unpaired) electrons. The average molecular weight is 441 g/mol. The van der Waals surface area contributed by atoms with Crippen LogP contribution in [0.2, 0.25) is 0 Å². The number of piperazine rings is 2. The van der Waals surface area contributed by atoms with Crippen LogP contribution in [0, 0.1) is 13.8 Å². The summed E-state index contributed by atoms with van der Waals surface area (Å²) in [6.07, 6.45) is 0. The van der Waals surface area contributed by atoms with E-state index in [0.717, 1.165) is 52.4 Å². The Balaban J connectivity index is 1.16. The Morgan fingerprint density at radius 3 is 2.25 bits per heavy atom. The molecule has 9 nitrogen and oxygen atoms in total. The van der Waals surface area contributed by atoms with Crippen molar-refractivity contribution in [3.8, 4) is 0 Å². The van der Waals surface area contributed by atoms with E-state index in [4.69, 9.17) is 4.52 Å². The minimum atomic E-state index is -0.102. The summed E-state index contributed by atoms with van der Waals surface area (Å²) in [5.74, 6) is 1.20. The van der Waals surface area contributed by atoms with Gasteiger partial charge < -0.3 is 19.6 Å². The Labute approximate surface area is 188 Å². The Morgan fingerprint density at radius 2 is 1.62 bits per heavy atom. The molecule has 2 fully saturated rings. The van der Waals surface area contributed by atoms with Crippen molar-refractivity contribution in [1.29, 1.82) is 0 Å². The van der Waals surface area contributed by atoms with Crippen molar-refractivity contribution in [2.24, 2.45) is 0 Å². The third kappa shape index (κ3) is 5.86. The number of aryl methyl sites for hydroxylation is 2. The van der Waals surface area contributed by atoms with Gasteiger partial charge in [-0.3, -0.25) is 19.4 Å². The topological polar surface area (TPSA) is 85.2 Å². The molecule has 0 spiro atoms. The first-order chi connectivity index (χ1) is 15.5. The Kier molecular flexibility index (Phi) is 7.06. The Morgan fingerprint density at radius 1 is 0.938 bits per heavy atom. The van der Waals surface area contributed by atoms with E-state index in [1.807, 2.05) is 4.90 Å². The van der Waals surface area contributed by atoms with E-state index >= 15 is 0 Å². The van der Waals surface area contributed by atoms with Gasteiger partial charge in [0.25, 0.3) is 0 Å². The van der Waals surface area contributed by atoms with Crippen molar-refractivity contribution < 1.29 is 14.1 Å². The summed E-state index contributed by atoms with van der Waals surface area (Å²) < 4.78 is 4.97. The van der Waals surface area contributed by atoms with E-state index in [2.05, 4.69) is 56.4 Å². The van der Waals surface area contributed by atoms with Crippen LogP contribution in [0.4, 0.5) is 11.5 Å². The standard InChI is InChI=1S/C23H32N6O3/c1-18-4-3-5-20(14-18)28-10-12-29(13-11-28)23(31)17-27-8-6-26(7-9-27)16-22(30)24-21-15-19(2)32-25-21/h3-5,14-15H,6-13,16-17H2,1-2H3,(H,24,25,30). The van der Waals surface area contributed by atoms with E-state index in [-0.39, 0.29) is 11.8 Å². The summed E-state index contributed by atoms with van der Waals surface area (Å²) in [5.41, 5.74) is 2.49. The zero-order chi connectivity index (χ0) is 22.5. The molecule has 9 heteroatoms. The number of carbonyl (C=O) groups is 2. The zero-order valence-corrected chi connectivity index (χ0v) is 18.9. The molecule has 1 aromatic heterocycles. The van der Waals surface area contributed by atoms with Gasteiger partial charge in [-0.2, -0.15) is 0 Å². The molecule has 4 rings (SSSR count).